The molecule has 16 heavy (non-hydrogen) atoms. The van der Waals surface area contributed by atoms with Crippen LogP contribution in [-0.2, 0) is 6.18 Å². The quantitative estimate of drug-likeness (QED) is 0.500. The van der Waals surface area contributed by atoms with Crippen LogP contribution in [0, 0.1) is 0 Å². The predicted octanol–water partition coefficient (Wildman–Crippen LogP) is 3.09. The number of rotatable bonds is 2. The zero-order valence-electron chi connectivity index (χ0n) is 8.05. The number of hydrogen-bond acceptors (Lipinski definition) is 3. The summed E-state index contributed by atoms with van der Waals surface area (Å²) in [5, 5.41) is 10.8. The first kappa shape index (κ1) is 12.6. The van der Waals surface area contributed by atoms with Crippen LogP contribution in [-0.4, -0.2) is 17.5 Å². The molecule has 0 amide bonds. The molecule has 0 fully saturated rings. The largest absolute Gasteiger partial charge is 0.496 e. The topological polar surface area (TPSA) is 41.8 Å². The van der Waals surface area contributed by atoms with Gasteiger partial charge in [0, 0.05) is 0 Å². The Morgan fingerprint density at radius 3 is 2.50 bits per heavy atom. The van der Waals surface area contributed by atoms with E-state index in [1.54, 1.807) is 0 Å². The summed E-state index contributed by atoms with van der Waals surface area (Å²) in [5.74, 6) is -0.113. The maximum absolute atomic E-state index is 12.4. The summed E-state index contributed by atoms with van der Waals surface area (Å²) in [6.07, 6.45) is -4.46. The van der Waals surface area contributed by atoms with E-state index in [2.05, 4.69) is 5.16 Å². The molecule has 88 valence electrons. The highest BCUT2D eigenvalue weighted by molar-refractivity contribution is 6.69. The molecule has 1 rings (SSSR count). The third kappa shape index (κ3) is 2.57. The van der Waals surface area contributed by atoms with E-state index in [0.29, 0.717) is 0 Å². The molecule has 0 radical (unpaired) electrons. The molecule has 0 unspecified atom stereocenters. The average molecular weight is 254 g/mol. The Labute approximate surface area is 94.1 Å². The van der Waals surface area contributed by atoms with Crippen molar-refractivity contribution in [3.8, 4) is 5.75 Å². The van der Waals surface area contributed by atoms with Crippen molar-refractivity contribution >= 4 is 16.8 Å². The number of benzene rings is 1. The normalized spacial score (nSPS) is 12.7. The van der Waals surface area contributed by atoms with Gasteiger partial charge in [-0.15, -0.1) is 0 Å². The Balaban J connectivity index is 3.28. The van der Waals surface area contributed by atoms with Crippen LogP contribution >= 0.6 is 11.6 Å². The summed E-state index contributed by atoms with van der Waals surface area (Å²) in [4.78, 5) is 0. The van der Waals surface area contributed by atoms with Gasteiger partial charge in [0.05, 0.1) is 18.2 Å². The van der Waals surface area contributed by atoms with Crippen LogP contribution in [0.3, 0.4) is 0 Å². The molecule has 0 aliphatic rings. The van der Waals surface area contributed by atoms with Gasteiger partial charge in [-0.2, -0.15) is 13.2 Å². The Morgan fingerprint density at radius 2 is 2.06 bits per heavy atom. The van der Waals surface area contributed by atoms with Gasteiger partial charge in [0.25, 0.3) is 0 Å². The van der Waals surface area contributed by atoms with Gasteiger partial charge >= 0.3 is 6.18 Å². The van der Waals surface area contributed by atoms with E-state index in [4.69, 9.17) is 21.5 Å². The summed E-state index contributed by atoms with van der Waals surface area (Å²) < 4.78 is 41.8. The second-order valence-electron chi connectivity index (χ2n) is 2.80. The van der Waals surface area contributed by atoms with Crippen LogP contribution in [0.25, 0.3) is 0 Å². The number of alkyl halides is 3. The molecule has 1 aromatic rings. The van der Waals surface area contributed by atoms with Crippen LogP contribution < -0.4 is 4.74 Å². The van der Waals surface area contributed by atoms with Crippen LogP contribution in [0.2, 0.25) is 0 Å². The van der Waals surface area contributed by atoms with E-state index in [1.807, 2.05) is 0 Å². The first-order chi connectivity index (χ1) is 7.40. The van der Waals surface area contributed by atoms with E-state index < -0.39 is 11.7 Å². The van der Waals surface area contributed by atoms with E-state index in [1.165, 1.54) is 7.11 Å². The summed E-state index contributed by atoms with van der Waals surface area (Å²) in [6.45, 7) is 0. The summed E-state index contributed by atoms with van der Waals surface area (Å²) in [7, 11) is 1.19. The van der Waals surface area contributed by atoms with Crippen LogP contribution in [0.15, 0.2) is 23.4 Å². The van der Waals surface area contributed by atoms with Crippen molar-refractivity contribution in [2.45, 2.75) is 6.18 Å². The zero-order valence-corrected chi connectivity index (χ0v) is 8.80. The minimum Gasteiger partial charge on any atom is -0.496 e. The number of oxime groups is 1. The van der Waals surface area contributed by atoms with Crippen molar-refractivity contribution in [2.75, 3.05) is 7.11 Å². The molecule has 0 spiro atoms. The van der Waals surface area contributed by atoms with Gasteiger partial charge in [0.15, 0.2) is 5.17 Å². The average Bonchev–Trinajstić information content (AvgIpc) is 2.26. The van der Waals surface area contributed by atoms with Crippen LogP contribution in [0.1, 0.15) is 11.1 Å². The highest BCUT2D eigenvalue weighted by atomic mass is 35.5. The summed E-state index contributed by atoms with van der Waals surface area (Å²) in [5.41, 5.74) is -0.782. The van der Waals surface area contributed by atoms with Gasteiger partial charge in [0.1, 0.15) is 5.75 Å². The molecule has 0 saturated heterocycles. The van der Waals surface area contributed by atoms with Gasteiger partial charge in [0.2, 0.25) is 0 Å². The van der Waals surface area contributed by atoms with Gasteiger partial charge in [-0.25, -0.2) is 0 Å². The lowest BCUT2D eigenvalue weighted by atomic mass is 10.1. The molecule has 0 atom stereocenters. The molecular formula is C9H7ClF3NO2. The van der Waals surface area contributed by atoms with Crippen molar-refractivity contribution in [2.24, 2.45) is 5.16 Å². The second kappa shape index (κ2) is 4.61. The molecule has 7 heteroatoms. The fourth-order valence-electron chi connectivity index (χ4n) is 1.09. The summed E-state index contributed by atoms with van der Waals surface area (Å²) in [6, 6.07) is 2.68. The lowest BCUT2D eigenvalue weighted by Crippen LogP contribution is -2.06. The Bertz CT molecular complexity index is 418. The molecule has 0 aliphatic heterocycles. The fourth-order valence-corrected chi connectivity index (χ4v) is 1.25. The van der Waals surface area contributed by atoms with E-state index >= 15 is 0 Å². The molecule has 0 bridgehead atoms. The molecule has 1 aromatic carbocycles. The first-order valence-electron chi connectivity index (χ1n) is 4.03. The Morgan fingerprint density at radius 1 is 1.44 bits per heavy atom. The first-order valence-corrected chi connectivity index (χ1v) is 4.41. The molecular weight excluding hydrogens is 247 g/mol. The Hall–Kier alpha value is -1.43. The molecule has 0 aromatic heterocycles. The molecule has 0 heterocycles. The van der Waals surface area contributed by atoms with Gasteiger partial charge in [-0.1, -0.05) is 16.8 Å². The lowest BCUT2D eigenvalue weighted by molar-refractivity contribution is -0.137. The fraction of sp³-hybridized carbons (Fsp3) is 0.222. The number of halogens is 4. The molecule has 0 aliphatic carbocycles. The van der Waals surface area contributed by atoms with Crippen molar-refractivity contribution in [3.63, 3.8) is 0 Å². The minimum atomic E-state index is -4.46. The molecule has 3 nitrogen and oxygen atoms in total. The monoisotopic (exact) mass is 253 g/mol. The van der Waals surface area contributed by atoms with Gasteiger partial charge in [-0.3, -0.25) is 0 Å². The lowest BCUT2D eigenvalue weighted by Gasteiger charge is -2.11. The Kier molecular flexibility index (Phi) is 3.64. The SMILES string of the molecule is COc1cc(C(F)(F)F)ccc1C(Cl)=NO. The highest BCUT2D eigenvalue weighted by Gasteiger charge is 2.31. The van der Waals surface area contributed by atoms with E-state index in [9.17, 15) is 13.2 Å². The van der Waals surface area contributed by atoms with Crippen molar-refractivity contribution in [1.82, 2.24) is 0 Å². The highest BCUT2D eigenvalue weighted by Crippen LogP contribution is 2.33. The third-order valence-electron chi connectivity index (χ3n) is 1.84. The smallest absolute Gasteiger partial charge is 0.416 e. The standard InChI is InChI=1S/C9H7ClF3NO2/c1-16-7-4-5(9(11,12)13)2-3-6(7)8(10)14-15/h2-4,15H,1H3. The number of hydrogen-bond donors (Lipinski definition) is 1. The van der Waals surface area contributed by atoms with Crippen molar-refractivity contribution < 1.29 is 23.1 Å². The van der Waals surface area contributed by atoms with Gasteiger partial charge < -0.3 is 9.94 Å². The number of nitrogens with zero attached hydrogens (tertiary/aromatic N) is 1. The summed E-state index contributed by atoms with van der Waals surface area (Å²) >= 11 is 5.48. The maximum Gasteiger partial charge on any atom is 0.416 e. The maximum atomic E-state index is 12.4. The second-order valence-corrected chi connectivity index (χ2v) is 3.16. The van der Waals surface area contributed by atoms with Crippen molar-refractivity contribution in [3.05, 3.63) is 29.3 Å². The third-order valence-corrected chi connectivity index (χ3v) is 2.12. The molecule has 0 saturated carbocycles. The number of methoxy groups -OCH3 is 1. The van der Waals surface area contributed by atoms with Gasteiger partial charge in [-0.05, 0) is 18.2 Å². The molecule has 1 N–H and O–H groups in total. The van der Waals surface area contributed by atoms with Crippen molar-refractivity contribution in [1.29, 1.82) is 0 Å². The van der Waals surface area contributed by atoms with E-state index in [0.717, 1.165) is 18.2 Å². The number of ether oxygens (including phenoxy) is 1. The minimum absolute atomic E-state index is 0.0830. The zero-order chi connectivity index (χ0) is 12.3. The predicted molar refractivity (Wildman–Crippen MR) is 52.2 cm³/mol. The van der Waals surface area contributed by atoms with Crippen LogP contribution in [0.4, 0.5) is 13.2 Å². The van der Waals surface area contributed by atoms with E-state index in [-0.39, 0.29) is 16.5 Å². The van der Waals surface area contributed by atoms with Crippen LogP contribution in [0.5, 0.6) is 5.75 Å².